The molecule has 1 rings (SSSR count). The van der Waals surface area contributed by atoms with Gasteiger partial charge in [0.15, 0.2) is 11.4 Å². The molecular weight excluding hydrogens is 262 g/mol. The fourth-order valence-corrected chi connectivity index (χ4v) is 2.37. The molecule has 6 heteroatoms. The third kappa shape index (κ3) is 6.84. The van der Waals surface area contributed by atoms with E-state index >= 15 is 0 Å². The summed E-state index contributed by atoms with van der Waals surface area (Å²) in [6, 6.07) is 0.495. The summed E-state index contributed by atoms with van der Waals surface area (Å²) in [7, 11) is 3.23. The Labute approximate surface area is 121 Å². The fraction of sp³-hybridized carbons (Fsp3) is 0.846. The van der Waals surface area contributed by atoms with Crippen LogP contribution in [0.1, 0.15) is 45.4 Å². The average Bonchev–Trinajstić information content (AvgIpc) is 2.43. The van der Waals surface area contributed by atoms with Crippen LogP contribution in [0.3, 0.4) is 0 Å². The Morgan fingerprint density at radius 1 is 1.26 bits per heavy atom. The Bertz CT molecular complexity index is 300. The van der Waals surface area contributed by atoms with Crippen molar-refractivity contribution < 1.29 is 9.47 Å². The summed E-state index contributed by atoms with van der Waals surface area (Å²) in [4.78, 5) is 0. The van der Waals surface area contributed by atoms with Gasteiger partial charge in [-0.25, -0.2) is 0 Å². The molecule has 0 spiro atoms. The zero-order chi connectivity index (χ0) is 14.1. The van der Waals surface area contributed by atoms with Gasteiger partial charge in [-0.2, -0.15) is 5.10 Å². The maximum atomic E-state index is 5.23. The first-order valence-electron chi connectivity index (χ1n) is 6.81. The smallest absolute Gasteiger partial charge is 0.187 e. The number of rotatable bonds is 6. The van der Waals surface area contributed by atoms with Gasteiger partial charge >= 0.3 is 0 Å². The summed E-state index contributed by atoms with van der Waals surface area (Å²) in [5.74, 6) is 0. The van der Waals surface area contributed by atoms with E-state index in [9.17, 15) is 0 Å². The Balaban J connectivity index is 2.27. The normalized spacial score (nSPS) is 17.6. The topological polar surface area (TPSA) is 54.9 Å². The van der Waals surface area contributed by atoms with Crippen LogP contribution in [0, 0.1) is 0 Å². The van der Waals surface area contributed by atoms with E-state index < -0.39 is 0 Å². The molecule has 0 aromatic rings. The van der Waals surface area contributed by atoms with E-state index in [1.807, 2.05) is 6.92 Å². The zero-order valence-corrected chi connectivity index (χ0v) is 12.9. The van der Waals surface area contributed by atoms with Gasteiger partial charge in [0.2, 0.25) is 0 Å². The monoisotopic (exact) mass is 287 g/mol. The summed E-state index contributed by atoms with van der Waals surface area (Å²) < 4.78 is 10.2. The molecule has 0 aromatic carbocycles. The zero-order valence-electron chi connectivity index (χ0n) is 12.1. The molecule has 1 aliphatic carbocycles. The first kappa shape index (κ1) is 16.3. The number of hydrogen-bond donors (Lipinski definition) is 2. The second kappa shape index (κ2) is 9.23. The molecule has 0 heterocycles. The Kier molecular flexibility index (Phi) is 7.93. The molecule has 2 N–H and O–H groups in total. The minimum absolute atomic E-state index is 0.259. The molecule has 5 nitrogen and oxygen atoms in total. The van der Waals surface area contributed by atoms with E-state index in [-0.39, 0.29) is 6.29 Å². The molecule has 0 unspecified atom stereocenters. The molecule has 0 aromatic heterocycles. The Morgan fingerprint density at radius 2 is 1.89 bits per heavy atom. The van der Waals surface area contributed by atoms with Crippen LogP contribution in [-0.4, -0.2) is 37.4 Å². The van der Waals surface area contributed by atoms with E-state index in [1.165, 1.54) is 32.1 Å². The lowest BCUT2D eigenvalue weighted by Crippen LogP contribution is -2.41. The van der Waals surface area contributed by atoms with Crippen LogP contribution < -0.4 is 10.7 Å². The molecule has 0 aliphatic heterocycles. The van der Waals surface area contributed by atoms with Crippen molar-refractivity contribution in [2.45, 2.75) is 57.8 Å². The summed E-state index contributed by atoms with van der Waals surface area (Å²) >= 11 is 5.23. The number of methoxy groups -OCH3 is 2. The minimum Gasteiger partial charge on any atom is -0.359 e. The van der Waals surface area contributed by atoms with Gasteiger partial charge in [0.25, 0.3) is 0 Å². The molecule has 1 saturated carbocycles. The van der Waals surface area contributed by atoms with Gasteiger partial charge in [-0.15, -0.1) is 0 Å². The summed E-state index contributed by atoms with van der Waals surface area (Å²) in [5, 5.41) is 8.13. The largest absolute Gasteiger partial charge is 0.359 e. The molecule has 19 heavy (non-hydrogen) atoms. The van der Waals surface area contributed by atoms with Gasteiger partial charge in [-0.05, 0) is 32.0 Å². The van der Waals surface area contributed by atoms with Gasteiger partial charge in [-0.1, -0.05) is 19.3 Å². The van der Waals surface area contributed by atoms with E-state index in [1.54, 1.807) is 14.2 Å². The van der Waals surface area contributed by atoms with E-state index in [0.717, 1.165) is 5.71 Å². The van der Waals surface area contributed by atoms with Gasteiger partial charge < -0.3 is 14.8 Å². The maximum Gasteiger partial charge on any atom is 0.187 e. The second-order valence-corrected chi connectivity index (χ2v) is 5.28. The third-order valence-electron chi connectivity index (χ3n) is 3.28. The maximum absolute atomic E-state index is 5.23. The van der Waals surface area contributed by atoms with Crippen molar-refractivity contribution >= 4 is 23.0 Å². The Morgan fingerprint density at radius 3 is 2.47 bits per heavy atom. The standard InChI is InChI=1S/C13H25N3O2S/c1-10(9-12(17-2)18-3)15-16-13(19)14-11-7-5-4-6-8-11/h11-12H,4-9H2,1-3H3,(H2,14,16,19). The quantitative estimate of drug-likeness (QED) is 0.339. The lowest BCUT2D eigenvalue weighted by Gasteiger charge is -2.23. The van der Waals surface area contributed by atoms with Crippen LogP contribution >= 0.6 is 12.2 Å². The molecule has 0 radical (unpaired) electrons. The van der Waals surface area contributed by atoms with Crippen molar-refractivity contribution in [3.63, 3.8) is 0 Å². The van der Waals surface area contributed by atoms with Crippen LogP contribution in [0.2, 0.25) is 0 Å². The molecule has 0 saturated heterocycles. The Hall–Kier alpha value is -0.720. The number of hydrazone groups is 1. The summed E-state index contributed by atoms with van der Waals surface area (Å²) in [6.07, 6.45) is 6.65. The lowest BCUT2D eigenvalue weighted by molar-refractivity contribution is -0.0959. The van der Waals surface area contributed by atoms with Gasteiger partial charge in [0, 0.05) is 32.4 Å². The second-order valence-electron chi connectivity index (χ2n) is 4.87. The molecule has 0 bridgehead atoms. The molecule has 0 atom stereocenters. The van der Waals surface area contributed by atoms with Gasteiger partial charge in [0.1, 0.15) is 0 Å². The van der Waals surface area contributed by atoms with E-state index in [2.05, 4.69) is 15.8 Å². The van der Waals surface area contributed by atoms with E-state index in [4.69, 9.17) is 21.7 Å². The molecular formula is C13H25N3O2S. The average molecular weight is 287 g/mol. The molecule has 1 fully saturated rings. The molecule has 1 aliphatic rings. The fourth-order valence-electron chi connectivity index (χ4n) is 2.16. The van der Waals surface area contributed by atoms with Crippen molar-refractivity contribution in [2.75, 3.05) is 14.2 Å². The van der Waals surface area contributed by atoms with Crippen LogP contribution in [0.15, 0.2) is 5.10 Å². The van der Waals surface area contributed by atoms with Crippen molar-refractivity contribution in [1.82, 2.24) is 10.7 Å². The highest BCUT2D eigenvalue weighted by Crippen LogP contribution is 2.17. The van der Waals surface area contributed by atoms with Gasteiger partial charge in [0.05, 0.1) is 0 Å². The molecule has 0 amide bonds. The predicted molar refractivity (Wildman–Crippen MR) is 81.3 cm³/mol. The first-order valence-corrected chi connectivity index (χ1v) is 7.21. The highest BCUT2D eigenvalue weighted by atomic mass is 32.1. The van der Waals surface area contributed by atoms with Crippen molar-refractivity contribution in [2.24, 2.45) is 5.10 Å². The third-order valence-corrected chi connectivity index (χ3v) is 3.49. The van der Waals surface area contributed by atoms with Crippen molar-refractivity contribution in [3.05, 3.63) is 0 Å². The van der Waals surface area contributed by atoms with E-state index in [0.29, 0.717) is 17.6 Å². The first-order chi connectivity index (χ1) is 9.15. The number of nitrogens with zero attached hydrogens (tertiary/aromatic N) is 1. The number of thiocarbonyl (C=S) groups is 1. The summed E-state index contributed by atoms with van der Waals surface area (Å²) in [6.45, 7) is 1.92. The number of nitrogens with one attached hydrogen (secondary N) is 2. The molecule has 110 valence electrons. The van der Waals surface area contributed by atoms with Crippen LogP contribution in [-0.2, 0) is 9.47 Å². The number of hydrogen-bond acceptors (Lipinski definition) is 4. The highest BCUT2D eigenvalue weighted by molar-refractivity contribution is 7.80. The number of ether oxygens (including phenoxy) is 2. The van der Waals surface area contributed by atoms with Crippen molar-refractivity contribution in [3.8, 4) is 0 Å². The van der Waals surface area contributed by atoms with Crippen LogP contribution in [0.25, 0.3) is 0 Å². The van der Waals surface area contributed by atoms with Crippen LogP contribution in [0.4, 0.5) is 0 Å². The lowest BCUT2D eigenvalue weighted by atomic mass is 9.96. The van der Waals surface area contributed by atoms with Crippen LogP contribution in [0.5, 0.6) is 0 Å². The predicted octanol–water partition coefficient (Wildman–Crippen LogP) is 2.17. The highest BCUT2D eigenvalue weighted by Gasteiger charge is 2.13. The SMILES string of the molecule is COC(CC(C)=NNC(=S)NC1CCCCC1)OC. The van der Waals surface area contributed by atoms with Gasteiger partial charge in [-0.3, -0.25) is 5.43 Å². The minimum atomic E-state index is -0.259. The van der Waals surface area contributed by atoms with Crippen molar-refractivity contribution in [1.29, 1.82) is 0 Å². The summed E-state index contributed by atoms with van der Waals surface area (Å²) in [5.41, 5.74) is 3.77.